The molecule has 1 N–H and O–H groups in total. The van der Waals surface area contributed by atoms with Crippen LogP contribution >= 0.6 is 15.9 Å². The lowest BCUT2D eigenvalue weighted by Gasteiger charge is -2.21. The van der Waals surface area contributed by atoms with Crippen LogP contribution in [0.15, 0.2) is 46.9 Å². The lowest BCUT2D eigenvalue weighted by molar-refractivity contribution is -0.116. The van der Waals surface area contributed by atoms with E-state index in [-0.39, 0.29) is 19.0 Å². The maximum absolute atomic E-state index is 12.7. The molecule has 7 heteroatoms. The Labute approximate surface area is 176 Å². The van der Waals surface area contributed by atoms with Gasteiger partial charge in [-0.2, -0.15) is 4.31 Å². The summed E-state index contributed by atoms with van der Waals surface area (Å²) in [7, 11) is -3.50. The Kier molecular flexibility index (Phi) is 8.22. The van der Waals surface area contributed by atoms with Crippen LogP contribution in [0.25, 0.3) is 0 Å². The molecule has 1 amide bonds. The Morgan fingerprint density at radius 2 is 1.64 bits per heavy atom. The third-order valence-corrected chi connectivity index (χ3v) is 6.28. The van der Waals surface area contributed by atoms with E-state index >= 15 is 0 Å². The van der Waals surface area contributed by atoms with Crippen LogP contribution in [0.4, 0.5) is 5.69 Å². The van der Waals surface area contributed by atoms with Crippen LogP contribution in [0.1, 0.15) is 30.5 Å². The molecule has 0 saturated carbocycles. The summed E-state index contributed by atoms with van der Waals surface area (Å²) in [6.45, 7) is 4.12. The summed E-state index contributed by atoms with van der Waals surface area (Å²) < 4.78 is 26.5. The van der Waals surface area contributed by atoms with Gasteiger partial charge in [0.05, 0.1) is 12.8 Å². The predicted molar refractivity (Wildman–Crippen MR) is 118 cm³/mol. The second-order valence-corrected chi connectivity index (χ2v) is 9.58. The van der Waals surface area contributed by atoms with Crippen LogP contribution in [-0.2, 0) is 34.1 Å². The van der Waals surface area contributed by atoms with Crippen molar-refractivity contribution in [2.24, 2.45) is 0 Å². The molecule has 0 aromatic heterocycles. The van der Waals surface area contributed by atoms with Gasteiger partial charge in [-0.3, -0.25) is 4.79 Å². The SMILES string of the molecule is CCc1cc(Br)cc(CC)c1NC(=O)CN(CCc1ccccc1)S(C)(=O)=O. The summed E-state index contributed by atoms with van der Waals surface area (Å²) in [6, 6.07) is 13.6. The molecule has 5 nitrogen and oxygen atoms in total. The van der Waals surface area contributed by atoms with Gasteiger partial charge in [0, 0.05) is 16.7 Å². The second-order valence-electron chi connectivity index (χ2n) is 6.69. The number of aryl methyl sites for hydroxylation is 2. The number of carbonyl (C=O) groups excluding carboxylic acids is 1. The van der Waals surface area contributed by atoms with Gasteiger partial charge >= 0.3 is 0 Å². The van der Waals surface area contributed by atoms with E-state index in [1.54, 1.807) is 0 Å². The zero-order valence-electron chi connectivity index (χ0n) is 16.5. The first-order chi connectivity index (χ1) is 13.2. The third-order valence-electron chi connectivity index (χ3n) is 4.57. The average molecular weight is 467 g/mol. The molecule has 0 radical (unpaired) electrons. The Balaban J connectivity index is 2.14. The fraction of sp³-hybridized carbons (Fsp3) is 0.381. The number of hydrogen-bond acceptors (Lipinski definition) is 3. The van der Waals surface area contributed by atoms with Crippen LogP contribution in [0, 0.1) is 0 Å². The second kappa shape index (κ2) is 10.2. The zero-order chi connectivity index (χ0) is 20.7. The number of nitrogens with one attached hydrogen (secondary N) is 1. The van der Waals surface area contributed by atoms with E-state index in [0.717, 1.165) is 45.9 Å². The Hall–Kier alpha value is -1.70. The zero-order valence-corrected chi connectivity index (χ0v) is 18.9. The largest absolute Gasteiger partial charge is 0.324 e. The average Bonchev–Trinajstić information content (AvgIpc) is 2.65. The highest BCUT2D eigenvalue weighted by Gasteiger charge is 2.21. The van der Waals surface area contributed by atoms with Crippen molar-refractivity contribution < 1.29 is 13.2 Å². The molecule has 0 unspecified atom stereocenters. The van der Waals surface area contributed by atoms with Crippen molar-refractivity contribution in [3.63, 3.8) is 0 Å². The summed E-state index contributed by atoms with van der Waals surface area (Å²) in [6.07, 6.45) is 3.23. The van der Waals surface area contributed by atoms with Crippen molar-refractivity contribution in [2.45, 2.75) is 33.1 Å². The summed E-state index contributed by atoms with van der Waals surface area (Å²) in [5.74, 6) is -0.329. The molecule has 0 saturated heterocycles. The molecule has 0 spiro atoms. The Morgan fingerprint density at radius 1 is 1.07 bits per heavy atom. The monoisotopic (exact) mass is 466 g/mol. The maximum Gasteiger partial charge on any atom is 0.239 e. The molecule has 0 fully saturated rings. The normalized spacial score (nSPS) is 11.6. The van der Waals surface area contributed by atoms with Crippen LogP contribution in [0.2, 0.25) is 0 Å². The number of hydrogen-bond donors (Lipinski definition) is 1. The first kappa shape index (κ1) is 22.6. The number of anilines is 1. The van der Waals surface area contributed by atoms with Crippen molar-refractivity contribution in [2.75, 3.05) is 24.7 Å². The quantitative estimate of drug-likeness (QED) is 0.606. The minimum absolute atomic E-state index is 0.200. The number of nitrogens with zero attached hydrogens (tertiary/aromatic N) is 1. The first-order valence-electron chi connectivity index (χ1n) is 9.34. The van der Waals surface area contributed by atoms with Crippen molar-refractivity contribution in [1.29, 1.82) is 0 Å². The summed E-state index contributed by atoms with van der Waals surface area (Å²) in [5.41, 5.74) is 3.87. The predicted octanol–water partition coefficient (Wildman–Crippen LogP) is 4.02. The van der Waals surface area contributed by atoms with E-state index in [0.29, 0.717) is 6.42 Å². The van der Waals surface area contributed by atoms with E-state index in [2.05, 4.69) is 21.2 Å². The van der Waals surface area contributed by atoms with Crippen LogP contribution in [-0.4, -0.2) is 38.0 Å². The number of sulfonamides is 1. The van der Waals surface area contributed by atoms with Crippen molar-refractivity contribution >= 4 is 37.5 Å². The van der Waals surface area contributed by atoms with Crippen molar-refractivity contribution in [1.82, 2.24) is 4.31 Å². The maximum atomic E-state index is 12.7. The van der Waals surface area contributed by atoms with Gasteiger partial charge in [0.2, 0.25) is 15.9 Å². The number of benzene rings is 2. The lowest BCUT2D eigenvalue weighted by Crippen LogP contribution is -2.38. The van der Waals surface area contributed by atoms with E-state index < -0.39 is 10.0 Å². The summed E-state index contributed by atoms with van der Waals surface area (Å²) >= 11 is 3.50. The molecule has 2 aromatic carbocycles. The lowest BCUT2D eigenvalue weighted by atomic mass is 10.0. The topological polar surface area (TPSA) is 66.5 Å². The van der Waals surface area contributed by atoms with E-state index in [1.165, 1.54) is 4.31 Å². The molecule has 28 heavy (non-hydrogen) atoms. The van der Waals surface area contributed by atoms with Crippen LogP contribution in [0.3, 0.4) is 0 Å². The molecule has 0 aliphatic rings. The van der Waals surface area contributed by atoms with Crippen molar-refractivity contribution in [3.05, 3.63) is 63.6 Å². The van der Waals surface area contributed by atoms with E-state index in [1.807, 2.05) is 56.3 Å². The highest BCUT2D eigenvalue weighted by molar-refractivity contribution is 9.10. The van der Waals surface area contributed by atoms with E-state index in [9.17, 15) is 13.2 Å². The van der Waals surface area contributed by atoms with E-state index in [4.69, 9.17) is 0 Å². The fourth-order valence-corrected chi connectivity index (χ4v) is 4.37. The molecular formula is C21H27BrN2O3S. The third kappa shape index (κ3) is 6.43. The number of amides is 1. The highest BCUT2D eigenvalue weighted by Crippen LogP contribution is 2.27. The minimum Gasteiger partial charge on any atom is -0.324 e. The van der Waals surface area contributed by atoms with Gasteiger partial charge in [-0.15, -0.1) is 0 Å². The molecule has 0 atom stereocenters. The van der Waals surface area contributed by atoms with Crippen LogP contribution in [0.5, 0.6) is 0 Å². The highest BCUT2D eigenvalue weighted by atomic mass is 79.9. The Morgan fingerprint density at radius 3 is 2.14 bits per heavy atom. The molecule has 2 aromatic rings. The molecule has 0 bridgehead atoms. The summed E-state index contributed by atoms with van der Waals surface area (Å²) in [5, 5.41) is 2.94. The molecule has 0 heterocycles. The molecule has 0 aliphatic carbocycles. The molecule has 0 aliphatic heterocycles. The summed E-state index contributed by atoms with van der Waals surface area (Å²) in [4.78, 5) is 12.7. The van der Waals surface area contributed by atoms with Gasteiger partial charge in [0.1, 0.15) is 0 Å². The molecule has 152 valence electrons. The van der Waals surface area contributed by atoms with Gasteiger partial charge in [0.25, 0.3) is 0 Å². The Bertz CT molecular complexity index is 889. The number of carbonyl (C=O) groups is 1. The first-order valence-corrected chi connectivity index (χ1v) is 12.0. The van der Waals surface area contributed by atoms with Crippen molar-refractivity contribution in [3.8, 4) is 0 Å². The molecular weight excluding hydrogens is 440 g/mol. The fourth-order valence-electron chi connectivity index (χ4n) is 3.04. The molecule has 2 rings (SSSR count). The van der Waals surface area contributed by atoms with Gasteiger partial charge in [-0.25, -0.2) is 8.42 Å². The smallest absolute Gasteiger partial charge is 0.239 e. The minimum atomic E-state index is -3.50. The van der Waals surface area contributed by atoms with Gasteiger partial charge in [0.15, 0.2) is 0 Å². The van der Waals surface area contributed by atoms with Gasteiger partial charge in [-0.1, -0.05) is 60.1 Å². The van der Waals surface area contributed by atoms with Crippen LogP contribution < -0.4 is 5.32 Å². The number of halogens is 1. The van der Waals surface area contributed by atoms with Gasteiger partial charge in [-0.05, 0) is 48.1 Å². The standard InChI is InChI=1S/C21H27BrN2O3S/c1-4-17-13-19(22)14-18(5-2)21(17)23-20(25)15-24(28(3,26)27)12-11-16-9-7-6-8-10-16/h6-10,13-14H,4-5,11-12,15H2,1-3H3,(H,23,25). The number of rotatable bonds is 9. The van der Waals surface area contributed by atoms with Gasteiger partial charge < -0.3 is 5.32 Å².